The highest BCUT2D eigenvalue weighted by atomic mass is 19.1. The quantitative estimate of drug-likeness (QED) is 0.520. The Morgan fingerprint density at radius 2 is 1.86 bits per heavy atom. The van der Waals surface area contributed by atoms with Gasteiger partial charge in [-0.3, -0.25) is 0 Å². The molecule has 2 rings (SSSR count). The predicted octanol–water partition coefficient (Wildman–Crippen LogP) is 5.50. The van der Waals surface area contributed by atoms with Crippen LogP contribution in [0.3, 0.4) is 0 Å². The maximum absolute atomic E-state index is 12.8. The molecule has 0 N–H and O–H groups in total. The second kappa shape index (κ2) is 8.48. The van der Waals surface area contributed by atoms with E-state index in [9.17, 15) is 8.78 Å². The van der Waals surface area contributed by atoms with Gasteiger partial charge in [-0.1, -0.05) is 24.3 Å². The van der Waals surface area contributed by atoms with Crippen LogP contribution in [-0.2, 0) is 6.42 Å². The number of allylic oxidation sites excluding steroid dienone is 4. The van der Waals surface area contributed by atoms with E-state index in [1.54, 1.807) is 6.08 Å². The highest BCUT2D eigenvalue weighted by Gasteiger charge is 2.19. The molecule has 0 amide bonds. The fourth-order valence-corrected chi connectivity index (χ4v) is 3.03. The number of halogens is 2. The van der Waals surface area contributed by atoms with Crippen molar-refractivity contribution < 1.29 is 8.78 Å². The molecular weight excluding hydrogens is 280 g/mol. The number of nitrogens with zero attached hydrogens (tertiary/aromatic N) is 1. The third kappa shape index (κ3) is 5.44. The van der Waals surface area contributed by atoms with Gasteiger partial charge in [-0.05, 0) is 74.1 Å². The molecule has 0 saturated heterocycles. The summed E-state index contributed by atoms with van der Waals surface area (Å²) in [4.78, 5) is 0. The lowest BCUT2D eigenvalue weighted by Crippen LogP contribution is -2.13. The van der Waals surface area contributed by atoms with Crippen LogP contribution >= 0.6 is 0 Å². The van der Waals surface area contributed by atoms with Crippen LogP contribution in [0.5, 0.6) is 0 Å². The van der Waals surface area contributed by atoms with Crippen molar-refractivity contribution in [2.45, 2.75) is 38.5 Å². The average Bonchev–Trinajstić information content (AvgIpc) is 2.55. The molecule has 3 heteroatoms. The molecule has 0 unspecified atom stereocenters. The summed E-state index contributed by atoms with van der Waals surface area (Å²) in [5, 5.41) is 8.33. The molecule has 0 atom stereocenters. The topological polar surface area (TPSA) is 23.8 Å². The molecular formula is C19H21F2N. The minimum atomic E-state index is -0.746. The van der Waals surface area contributed by atoms with E-state index in [0.29, 0.717) is 5.92 Å². The lowest BCUT2D eigenvalue weighted by Gasteiger charge is -2.26. The van der Waals surface area contributed by atoms with E-state index in [1.165, 1.54) is 42.7 Å². The van der Waals surface area contributed by atoms with Crippen molar-refractivity contribution in [2.24, 2.45) is 11.8 Å². The Bertz CT molecular complexity index is 558. The van der Waals surface area contributed by atoms with Crippen molar-refractivity contribution in [1.82, 2.24) is 0 Å². The average molecular weight is 301 g/mol. The van der Waals surface area contributed by atoms with Crippen LogP contribution in [0.2, 0.25) is 0 Å². The van der Waals surface area contributed by atoms with Crippen LogP contribution in [0.15, 0.2) is 48.3 Å². The van der Waals surface area contributed by atoms with Crippen molar-refractivity contribution in [1.29, 1.82) is 5.26 Å². The molecule has 0 aromatic heterocycles. The fourth-order valence-electron chi connectivity index (χ4n) is 3.03. The van der Waals surface area contributed by atoms with Crippen molar-refractivity contribution >= 4 is 0 Å². The van der Waals surface area contributed by atoms with E-state index < -0.39 is 5.83 Å². The summed E-state index contributed by atoms with van der Waals surface area (Å²) < 4.78 is 25.5. The number of benzene rings is 1. The molecule has 1 fully saturated rings. The van der Waals surface area contributed by atoms with Gasteiger partial charge in [0.25, 0.3) is 0 Å². The first-order chi connectivity index (χ1) is 10.7. The zero-order chi connectivity index (χ0) is 15.8. The van der Waals surface area contributed by atoms with Crippen LogP contribution in [0.1, 0.15) is 37.7 Å². The Kier molecular flexibility index (Phi) is 6.33. The Hall–Kier alpha value is -1.95. The monoisotopic (exact) mass is 301 g/mol. The molecule has 1 aromatic carbocycles. The fraction of sp³-hybridized carbons (Fsp3) is 0.421. The summed E-state index contributed by atoms with van der Waals surface area (Å²) >= 11 is 0. The van der Waals surface area contributed by atoms with Crippen molar-refractivity contribution in [3.05, 3.63) is 59.7 Å². The summed E-state index contributed by atoms with van der Waals surface area (Å²) in [5.41, 5.74) is 1.19. The van der Waals surface area contributed by atoms with Gasteiger partial charge in [0.15, 0.2) is 5.83 Å². The highest BCUT2D eigenvalue weighted by molar-refractivity contribution is 5.19. The van der Waals surface area contributed by atoms with Crippen LogP contribution < -0.4 is 0 Å². The van der Waals surface area contributed by atoms with Gasteiger partial charge in [0.05, 0.1) is 0 Å². The van der Waals surface area contributed by atoms with Crippen LogP contribution in [0.4, 0.5) is 8.78 Å². The van der Waals surface area contributed by atoms with Gasteiger partial charge in [0.2, 0.25) is 0 Å². The second-order valence-electron chi connectivity index (χ2n) is 5.96. The first-order valence-corrected chi connectivity index (χ1v) is 7.86. The lowest BCUT2D eigenvalue weighted by atomic mass is 9.79. The summed E-state index contributed by atoms with van der Waals surface area (Å²) in [6.45, 7) is 0. The second-order valence-corrected chi connectivity index (χ2v) is 5.96. The van der Waals surface area contributed by atoms with Gasteiger partial charge in [0, 0.05) is 0 Å². The molecule has 0 bridgehead atoms. The largest absolute Gasteiger partial charge is 0.207 e. The van der Waals surface area contributed by atoms with E-state index in [-0.39, 0.29) is 5.82 Å². The number of aryl methyl sites for hydroxylation is 1. The van der Waals surface area contributed by atoms with E-state index in [2.05, 4.69) is 0 Å². The molecule has 116 valence electrons. The summed E-state index contributed by atoms with van der Waals surface area (Å²) in [6, 6.07) is 8.22. The Morgan fingerprint density at radius 1 is 1.18 bits per heavy atom. The van der Waals surface area contributed by atoms with Crippen LogP contribution in [-0.4, -0.2) is 0 Å². The molecule has 1 aliphatic carbocycles. The van der Waals surface area contributed by atoms with Crippen molar-refractivity contribution in [2.75, 3.05) is 0 Å². The zero-order valence-electron chi connectivity index (χ0n) is 12.6. The van der Waals surface area contributed by atoms with Crippen molar-refractivity contribution in [3.8, 4) is 6.07 Å². The highest BCUT2D eigenvalue weighted by Crippen LogP contribution is 2.32. The third-order valence-corrected chi connectivity index (χ3v) is 4.38. The van der Waals surface area contributed by atoms with Gasteiger partial charge in [-0.2, -0.15) is 9.65 Å². The van der Waals surface area contributed by atoms with Crippen LogP contribution in [0.25, 0.3) is 0 Å². The first kappa shape index (κ1) is 16.4. The van der Waals surface area contributed by atoms with Gasteiger partial charge in [-0.25, -0.2) is 4.39 Å². The molecule has 0 heterocycles. The molecule has 1 nitrogen and oxygen atoms in total. The smallest absolute Gasteiger partial charge is 0.199 e. The molecule has 22 heavy (non-hydrogen) atoms. The predicted molar refractivity (Wildman–Crippen MR) is 84.1 cm³/mol. The minimum absolute atomic E-state index is 0.182. The van der Waals surface area contributed by atoms with Gasteiger partial charge < -0.3 is 0 Å². The Morgan fingerprint density at radius 3 is 2.50 bits per heavy atom. The third-order valence-electron chi connectivity index (χ3n) is 4.38. The maximum Gasteiger partial charge on any atom is 0.199 e. The number of nitriles is 1. The molecule has 1 saturated carbocycles. The SMILES string of the molecule is N#CC(F)=CC=CC1CCC(CCc2ccc(F)cc2)CC1. The van der Waals surface area contributed by atoms with E-state index in [1.807, 2.05) is 18.2 Å². The Labute approximate surface area is 131 Å². The zero-order valence-corrected chi connectivity index (χ0v) is 12.6. The summed E-state index contributed by atoms with van der Waals surface area (Å²) in [7, 11) is 0. The molecule has 0 spiro atoms. The van der Waals surface area contributed by atoms with Crippen LogP contribution in [0, 0.1) is 29.0 Å². The van der Waals surface area contributed by atoms with Crippen molar-refractivity contribution in [3.63, 3.8) is 0 Å². The minimum Gasteiger partial charge on any atom is -0.207 e. The standard InChI is InChI=1S/C19H21F2N/c20-18-12-10-17(11-13-18)9-8-16-6-4-15(5-7-16)2-1-3-19(21)14-22/h1-3,10-13,15-16H,4-9H2. The molecule has 1 aromatic rings. The van der Waals surface area contributed by atoms with E-state index >= 15 is 0 Å². The van der Waals surface area contributed by atoms with Gasteiger partial charge in [-0.15, -0.1) is 0 Å². The summed E-state index contributed by atoms with van der Waals surface area (Å²) in [6.07, 6.45) is 11.6. The van der Waals surface area contributed by atoms with Gasteiger partial charge in [0.1, 0.15) is 11.9 Å². The van der Waals surface area contributed by atoms with E-state index in [0.717, 1.165) is 31.6 Å². The Balaban J connectivity index is 1.71. The lowest BCUT2D eigenvalue weighted by molar-refractivity contribution is 0.296. The molecule has 1 aliphatic rings. The maximum atomic E-state index is 12.8. The first-order valence-electron chi connectivity index (χ1n) is 7.86. The normalized spacial score (nSPS) is 22.7. The number of hydrogen-bond donors (Lipinski definition) is 0. The number of rotatable bonds is 5. The number of hydrogen-bond acceptors (Lipinski definition) is 1. The van der Waals surface area contributed by atoms with Gasteiger partial charge >= 0.3 is 0 Å². The molecule has 0 radical (unpaired) electrons. The molecule has 0 aliphatic heterocycles. The van der Waals surface area contributed by atoms with E-state index in [4.69, 9.17) is 5.26 Å². The summed E-state index contributed by atoms with van der Waals surface area (Å²) in [5.74, 6) is 0.285.